The van der Waals surface area contributed by atoms with Crippen molar-refractivity contribution in [3.05, 3.63) is 98.6 Å². The van der Waals surface area contributed by atoms with Crippen LogP contribution in [0, 0.1) is 20.8 Å². The van der Waals surface area contributed by atoms with E-state index in [2.05, 4.69) is 77.1 Å². The third-order valence-corrected chi connectivity index (χ3v) is 6.58. The van der Waals surface area contributed by atoms with E-state index in [1.54, 1.807) is 0 Å². The summed E-state index contributed by atoms with van der Waals surface area (Å²) in [4.78, 5) is 4.13. The Labute approximate surface area is 312 Å². The van der Waals surface area contributed by atoms with Crippen LogP contribution in [0.4, 0.5) is 0 Å². The van der Waals surface area contributed by atoms with Crippen LogP contribution in [0.15, 0.2) is 61.1 Å². The fraction of sp³-hybridized carbons (Fsp3) is 0.500. The van der Waals surface area contributed by atoms with E-state index in [0.29, 0.717) is 13.0 Å². The molecule has 0 aliphatic rings. The predicted octanol–water partition coefficient (Wildman–Crippen LogP) is 8.63. The molecule has 0 amide bonds. The van der Waals surface area contributed by atoms with Gasteiger partial charge in [-0.05, 0) is 67.3 Å². The summed E-state index contributed by atoms with van der Waals surface area (Å²) in [5.41, 5.74) is 3.71. The van der Waals surface area contributed by atoms with E-state index in [0.717, 1.165) is 62.3 Å². The Morgan fingerprint density at radius 1 is 0.864 bits per heavy atom. The van der Waals surface area contributed by atoms with Crippen molar-refractivity contribution in [1.29, 1.82) is 0 Å². The first-order valence-corrected chi connectivity index (χ1v) is 15.3. The molecule has 2 aromatic carbocycles. The van der Waals surface area contributed by atoms with Crippen molar-refractivity contribution < 1.29 is 77.8 Å². The van der Waals surface area contributed by atoms with Gasteiger partial charge in [0.15, 0.2) is 0 Å². The van der Waals surface area contributed by atoms with Crippen molar-refractivity contribution in [2.75, 3.05) is 13.2 Å². The molecule has 3 rings (SSSR count). The average Bonchev–Trinajstić information content (AvgIpc) is 3.42. The second kappa shape index (κ2) is 28.5. The molecule has 3 aromatic rings. The molecule has 1 N–H and O–H groups in total. The van der Waals surface area contributed by atoms with Crippen molar-refractivity contribution >= 4 is 0 Å². The first-order valence-electron chi connectivity index (χ1n) is 15.3. The van der Waals surface area contributed by atoms with Gasteiger partial charge in [-0.3, -0.25) is 0 Å². The quantitative estimate of drug-likeness (QED) is 0.155. The number of unbranched alkanes of at least 4 members (excludes halogenated alkanes) is 1. The number of nitrogens with zero attached hydrogens (tertiary/aromatic N) is 2. The first kappa shape index (κ1) is 47.7. The van der Waals surface area contributed by atoms with Gasteiger partial charge in [0.25, 0.3) is 0 Å². The van der Waals surface area contributed by atoms with E-state index in [9.17, 15) is 5.11 Å². The Bertz CT molecular complexity index is 1070. The molecule has 8 heteroatoms. The van der Waals surface area contributed by atoms with Crippen molar-refractivity contribution in [1.82, 2.24) is 9.55 Å². The maximum absolute atomic E-state index is 9.19. The molecular formula is C36H55N2O3W3-3. The Balaban J connectivity index is -0.000000557. The summed E-state index contributed by atoms with van der Waals surface area (Å²) in [6.07, 6.45) is 11.3. The third-order valence-electron chi connectivity index (χ3n) is 6.58. The van der Waals surface area contributed by atoms with Crippen LogP contribution < -0.4 is 9.47 Å². The molecule has 44 heavy (non-hydrogen) atoms. The van der Waals surface area contributed by atoms with Gasteiger partial charge < -0.3 is 39.9 Å². The zero-order valence-electron chi connectivity index (χ0n) is 27.6. The second-order valence-electron chi connectivity index (χ2n) is 10.8. The summed E-state index contributed by atoms with van der Waals surface area (Å²) in [7, 11) is 0. The van der Waals surface area contributed by atoms with E-state index in [4.69, 9.17) is 9.47 Å². The Morgan fingerprint density at radius 2 is 1.43 bits per heavy atom. The first-order chi connectivity index (χ1) is 19.7. The number of benzene rings is 2. The number of hydrogen-bond acceptors (Lipinski definition) is 4. The molecule has 0 saturated carbocycles. The average molecular weight is 1120 g/mol. The molecule has 1 aromatic heterocycles. The van der Waals surface area contributed by atoms with E-state index in [-0.39, 0.29) is 68.6 Å². The van der Waals surface area contributed by atoms with Gasteiger partial charge in [0.2, 0.25) is 0 Å². The van der Waals surface area contributed by atoms with Gasteiger partial charge in [0.05, 0.1) is 19.5 Å². The van der Waals surface area contributed by atoms with Crippen LogP contribution in [0.5, 0.6) is 11.5 Å². The van der Waals surface area contributed by atoms with Crippen LogP contribution in [-0.4, -0.2) is 34.0 Å². The summed E-state index contributed by atoms with van der Waals surface area (Å²) < 4.78 is 13.5. The summed E-state index contributed by atoms with van der Waals surface area (Å²) in [6, 6.07) is 16.0. The molecule has 0 aliphatic carbocycles. The maximum Gasteiger partial charge on any atom is 0.122 e. The summed E-state index contributed by atoms with van der Waals surface area (Å²) >= 11 is 0. The summed E-state index contributed by atoms with van der Waals surface area (Å²) in [5.74, 6) is 1.87. The largest absolute Gasteiger partial charge is 0.493 e. The number of para-hydroxylation sites is 2. The minimum atomic E-state index is -0.568. The number of aromatic nitrogens is 2. The minimum absolute atomic E-state index is 0. The SMILES string of the molecule is [CH2-]C(O)Cc1ccccc1OCCC.[CH2-]CC(C)(C)c1ccccc1OCCC.[CH2-]CCn1cncc1CCCC.[W].[W].[W]. The van der Waals surface area contributed by atoms with Crippen molar-refractivity contribution in [2.45, 2.75) is 104 Å². The van der Waals surface area contributed by atoms with Crippen LogP contribution in [0.1, 0.15) is 90.0 Å². The Kier molecular flexibility index (Phi) is 30.9. The molecule has 248 valence electrons. The molecule has 0 bridgehead atoms. The number of ether oxygens (including phenoxy) is 2. The van der Waals surface area contributed by atoms with E-state index >= 15 is 0 Å². The number of imidazole rings is 1. The summed E-state index contributed by atoms with van der Waals surface area (Å²) in [5, 5.41) is 9.19. The topological polar surface area (TPSA) is 56.5 Å². The zero-order chi connectivity index (χ0) is 30.5. The van der Waals surface area contributed by atoms with Gasteiger partial charge in [-0.2, -0.15) is 12.8 Å². The molecular weight excluding hydrogens is 1060 g/mol. The van der Waals surface area contributed by atoms with E-state index < -0.39 is 6.10 Å². The zero-order valence-corrected chi connectivity index (χ0v) is 36.4. The van der Waals surface area contributed by atoms with Crippen LogP contribution in [0.3, 0.4) is 0 Å². The van der Waals surface area contributed by atoms with Crippen LogP contribution in [0.2, 0.25) is 0 Å². The van der Waals surface area contributed by atoms with Crippen molar-refractivity contribution in [3.8, 4) is 11.5 Å². The van der Waals surface area contributed by atoms with Gasteiger partial charge in [-0.1, -0.05) is 83.5 Å². The number of aliphatic hydroxyl groups excluding tert-OH is 1. The van der Waals surface area contributed by atoms with E-state index in [1.807, 2.05) is 48.9 Å². The van der Waals surface area contributed by atoms with Crippen LogP contribution in [-0.2, 0) is 88.0 Å². The Hall–Kier alpha value is -0.725. The molecule has 0 aliphatic heterocycles. The van der Waals surface area contributed by atoms with Crippen LogP contribution in [0.25, 0.3) is 0 Å². The normalized spacial score (nSPS) is 10.8. The number of aryl methyl sites for hydroxylation is 2. The molecule has 1 atom stereocenters. The molecule has 0 radical (unpaired) electrons. The number of rotatable bonds is 15. The van der Waals surface area contributed by atoms with Crippen LogP contribution >= 0.6 is 0 Å². The van der Waals surface area contributed by atoms with Crippen molar-refractivity contribution in [3.63, 3.8) is 0 Å². The molecule has 1 unspecified atom stereocenters. The minimum Gasteiger partial charge on any atom is -0.493 e. The van der Waals surface area contributed by atoms with Gasteiger partial charge in [0.1, 0.15) is 11.5 Å². The molecule has 5 nitrogen and oxygen atoms in total. The van der Waals surface area contributed by atoms with Gasteiger partial charge >= 0.3 is 0 Å². The number of hydrogen-bond donors (Lipinski definition) is 1. The predicted molar refractivity (Wildman–Crippen MR) is 173 cm³/mol. The fourth-order valence-electron chi connectivity index (χ4n) is 4.06. The standard InChI is InChI=1S/C14H21O.C12H17O2.C10H17N2.3W/c1-5-11-15-13-10-8-7-9-12(13)14(3,4)6-2;1-3-8-14-12-7-5-4-6-11(12)9-10(2)13;1-3-5-6-10-8-11-9-12(10)7-4-2;;;/h7-10H,2,5-6,11H2,1,3-4H3;4-7,10,13H,2-3,8-9H2,1H3;8-9H,2-7H2,1H3;;;/q3*-1;;;. The maximum atomic E-state index is 9.19. The monoisotopic (exact) mass is 1120 g/mol. The van der Waals surface area contributed by atoms with Crippen molar-refractivity contribution in [2.24, 2.45) is 0 Å². The Morgan fingerprint density at radius 3 is 1.98 bits per heavy atom. The molecule has 1 heterocycles. The summed E-state index contributed by atoms with van der Waals surface area (Å²) in [6.45, 7) is 24.7. The molecule has 0 fully saturated rings. The van der Waals surface area contributed by atoms with Gasteiger partial charge in [-0.15, -0.1) is 0 Å². The molecule has 0 spiro atoms. The smallest absolute Gasteiger partial charge is 0.122 e. The third kappa shape index (κ3) is 19.1. The van der Waals surface area contributed by atoms with Gasteiger partial charge in [-0.25, -0.2) is 4.98 Å². The second-order valence-corrected chi connectivity index (χ2v) is 10.8. The number of aliphatic hydroxyl groups is 1. The molecule has 0 saturated heterocycles. The van der Waals surface area contributed by atoms with Gasteiger partial charge in [0, 0.05) is 75.1 Å². The fourth-order valence-corrected chi connectivity index (χ4v) is 4.06. The van der Waals surface area contributed by atoms with E-state index in [1.165, 1.54) is 24.1 Å².